The molecule has 1 aliphatic rings. The van der Waals surface area contributed by atoms with Crippen molar-refractivity contribution in [3.05, 3.63) is 77.6 Å². The first kappa shape index (κ1) is 17.6. The number of nitrogens with one attached hydrogen (secondary N) is 1. The van der Waals surface area contributed by atoms with Crippen LogP contribution in [0.15, 0.2) is 60.8 Å². The van der Waals surface area contributed by atoms with Gasteiger partial charge in [0.2, 0.25) is 0 Å². The highest BCUT2D eigenvalue weighted by Crippen LogP contribution is 2.34. The van der Waals surface area contributed by atoms with Crippen molar-refractivity contribution in [2.24, 2.45) is 0 Å². The van der Waals surface area contributed by atoms with Crippen LogP contribution < -0.4 is 5.32 Å². The first-order valence-corrected chi connectivity index (χ1v) is 9.04. The lowest BCUT2D eigenvalue weighted by Gasteiger charge is -2.18. The van der Waals surface area contributed by atoms with Gasteiger partial charge in [0.15, 0.2) is 0 Å². The molecule has 0 saturated carbocycles. The Morgan fingerprint density at radius 2 is 1.89 bits per heavy atom. The van der Waals surface area contributed by atoms with Crippen LogP contribution in [0.2, 0.25) is 0 Å². The predicted octanol–water partition coefficient (Wildman–Crippen LogP) is 5.79. The number of benzene rings is 1. The summed E-state index contributed by atoms with van der Waals surface area (Å²) in [5, 5.41) is 3.40. The Balaban J connectivity index is 1.60. The van der Waals surface area contributed by atoms with Crippen LogP contribution in [0.4, 0.5) is 19.0 Å². The van der Waals surface area contributed by atoms with Crippen LogP contribution in [0.5, 0.6) is 0 Å². The molecular formula is C21H20F3N3. The van der Waals surface area contributed by atoms with E-state index in [0.29, 0.717) is 12.5 Å². The van der Waals surface area contributed by atoms with Crippen LogP contribution in [-0.2, 0) is 12.7 Å². The Morgan fingerprint density at radius 3 is 2.59 bits per heavy atom. The fourth-order valence-corrected chi connectivity index (χ4v) is 3.51. The molecule has 0 radical (unpaired) electrons. The molecule has 2 heterocycles. The molecule has 1 unspecified atom stereocenters. The normalized spacial score (nSPS) is 17.4. The number of allylic oxidation sites excluding steroid dienone is 2. The first-order valence-electron chi connectivity index (χ1n) is 9.04. The summed E-state index contributed by atoms with van der Waals surface area (Å²) in [7, 11) is 0. The Bertz CT molecular complexity index is 955. The van der Waals surface area contributed by atoms with Crippen LogP contribution in [0.25, 0.3) is 5.65 Å². The molecule has 1 aromatic carbocycles. The Hall–Kier alpha value is -2.76. The third-order valence-corrected chi connectivity index (χ3v) is 4.95. The molecule has 1 N–H and O–H groups in total. The Kier molecular flexibility index (Phi) is 4.64. The van der Waals surface area contributed by atoms with E-state index in [-0.39, 0.29) is 0 Å². The van der Waals surface area contributed by atoms with Gasteiger partial charge in [0.25, 0.3) is 0 Å². The largest absolute Gasteiger partial charge is 0.416 e. The second-order valence-corrected chi connectivity index (χ2v) is 6.80. The summed E-state index contributed by atoms with van der Waals surface area (Å²) >= 11 is 0. The van der Waals surface area contributed by atoms with E-state index >= 15 is 0 Å². The van der Waals surface area contributed by atoms with Gasteiger partial charge in [0.1, 0.15) is 11.5 Å². The lowest BCUT2D eigenvalue weighted by Crippen LogP contribution is -2.09. The summed E-state index contributed by atoms with van der Waals surface area (Å²) in [4.78, 5) is 4.81. The summed E-state index contributed by atoms with van der Waals surface area (Å²) in [6.07, 6.45) is 5.08. The molecule has 140 valence electrons. The van der Waals surface area contributed by atoms with Crippen molar-refractivity contribution in [2.45, 2.75) is 37.9 Å². The quantitative estimate of drug-likeness (QED) is 0.588. The molecule has 0 fully saturated rings. The average molecular weight is 371 g/mol. The number of aromatic nitrogens is 2. The van der Waals surface area contributed by atoms with E-state index in [2.05, 4.69) is 17.5 Å². The summed E-state index contributed by atoms with van der Waals surface area (Å²) in [6.45, 7) is 0.441. The van der Waals surface area contributed by atoms with Crippen molar-refractivity contribution in [3.8, 4) is 0 Å². The fourth-order valence-electron chi connectivity index (χ4n) is 3.51. The number of fused-ring (bicyclic) bond motifs is 1. The Labute approximate surface area is 155 Å². The molecule has 0 spiro atoms. The van der Waals surface area contributed by atoms with E-state index in [0.717, 1.165) is 54.1 Å². The van der Waals surface area contributed by atoms with Crippen molar-refractivity contribution in [1.29, 1.82) is 0 Å². The van der Waals surface area contributed by atoms with Gasteiger partial charge in [-0.25, -0.2) is 4.98 Å². The van der Waals surface area contributed by atoms with Gasteiger partial charge in [-0.3, -0.25) is 4.40 Å². The maximum Gasteiger partial charge on any atom is 0.416 e. The number of halogens is 3. The Morgan fingerprint density at radius 1 is 1.07 bits per heavy atom. The monoisotopic (exact) mass is 371 g/mol. The molecule has 1 aliphatic carbocycles. The van der Waals surface area contributed by atoms with Crippen LogP contribution in [0, 0.1) is 0 Å². The van der Waals surface area contributed by atoms with Gasteiger partial charge in [-0.15, -0.1) is 0 Å². The van der Waals surface area contributed by atoms with Crippen LogP contribution in [-0.4, -0.2) is 9.38 Å². The van der Waals surface area contributed by atoms with Crippen molar-refractivity contribution in [1.82, 2.24) is 9.38 Å². The van der Waals surface area contributed by atoms with Gasteiger partial charge in [0, 0.05) is 18.7 Å². The van der Waals surface area contributed by atoms with Crippen molar-refractivity contribution < 1.29 is 13.2 Å². The van der Waals surface area contributed by atoms with Gasteiger partial charge in [-0.1, -0.05) is 30.4 Å². The molecule has 0 amide bonds. The minimum absolute atomic E-state index is 0.352. The van der Waals surface area contributed by atoms with Crippen LogP contribution >= 0.6 is 0 Å². The third kappa shape index (κ3) is 3.70. The van der Waals surface area contributed by atoms with E-state index in [4.69, 9.17) is 4.98 Å². The molecule has 0 aliphatic heterocycles. The van der Waals surface area contributed by atoms with Crippen LogP contribution in [0.3, 0.4) is 0 Å². The van der Waals surface area contributed by atoms with Gasteiger partial charge < -0.3 is 5.32 Å². The summed E-state index contributed by atoms with van der Waals surface area (Å²) in [5.74, 6) is 1.27. The second kappa shape index (κ2) is 7.10. The molecule has 4 rings (SSSR count). The topological polar surface area (TPSA) is 29.3 Å². The highest BCUT2D eigenvalue weighted by molar-refractivity contribution is 5.56. The SMILES string of the molecule is FC(F)(F)c1ccc(CNc2c(C3CC=CCC3)nc3ccccn23)cc1. The molecular weight excluding hydrogens is 351 g/mol. The van der Waals surface area contributed by atoms with E-state index in [1.165, 1.54) is 12.1 Å². The standard InChI is InChI=1S/C21H20F3N3/c22-21(23,24)17-11-9-15(10-12-17)14-25-20-19(16-6-2-1-3-7-16)26-18-8-4-5-13-27(18)20/h1-2,4-5,8-13,16,25H,3,6-7,14H2. The molecule has 6 heteroatoms. The highest BCUT2D eigenvalue weighted by Gasteiger charge is 2.30. The number of imidazole rings is 1. The fraction of sp³-hybridized carbons (Fsp3) is 0.286. The molecule has 3 aromatic rings. The van der Waals surface area contributed by atoms with Crippen LogP contribution in [0.1, 0.15) is 42.0 Å². The second-order valence-electron chi connectivity index (χ2n) is 6.80. The summed E-state index contributed by atoms with van der Waals surface area (Å²) in [5.41, 5.74) is 2.06. The zero-order valence-corrected chi connectivity index (χ0v) is 14.7. The van der Waals surface area contributed by atoms with E-state index in [1.807, 2.05) is 28.8 Å². The number of hydrogen-bond donors (Lipinski definition) is 1. The molecule has 0 bridgehead atoms. The third-order valence-electron chi connectivity index (χ3n) is 4.95. The average Bonchev–Trinajstić information content (AvgIpc) is 3.05. The molecule has 0 saturated heterocycles. The molecule has 27 heavy (non-hydrogen) atoms. The number of nitrogens with zero attached hydrogens (tertiary/aromatic N) is 2. The number of anilines is 1. The van der Waals surface area contributed by atoms with Crippen molar-refractivity contribution in [3.63, 3.8) is 0 Å². The smallest absolute Gasteiger partial charge is 0.366 e. The van der Waals surface area contributed by atoms with E-state index in [1.54, 1.807) is 0 Å². The van der Waals surface area contributed by atoms with Crippen molar-refractivity contribution in [2.75, 3.05) is 5.32 Å². The van der Waals surface area contributed by atoms with Gasteiger partial charge >= 0.3 is 6.18 Å². The first-order chi connectivity index (χ1) is 13.0. The minimum Gasteiger partial charge on any atom is -0.366 e. The van der Waals surface area contributed by atoms with E-state index < -0.39 is 11.7 Å². The number of alkyl halides is 3. The lowest BCUT2D eigenvalue weighted by atomic mass is 9.91. The lowest BCUT2D eigenvalue weighted by molar-refractivity contribution is -0.137. The zero-order chi connectivity index (χ0) is 18.9. The van der Waals surface area contributed by atoms with Gasteiger partial charge in [-0.05, 0) is 49.1 Å². The van der Waals surface area contributed by atoms with E-state index in [9.17, 15) is 13.2 Å². The number of rotatable bonds is 4. The van der Waals surface area contributed by atoms with Gasteiger partial charge in [-0.2, -0.15) is 13.2 Å². The predicted molar refractivity (Wildman–Crippen MR) is 99.7 cm³/mol. The molecule has 1 atom stereocenters. The van der Waals surface area contributed by atoms with Crippen molar-refractivity contribution >= 4 is 11.5 Å². The van der Waals surface area contributed by atoms with Gasteiger partial charge in [0.05, 0.1) is 11.3 Å². The maximum absolute atomic E-state index is 12.7. The summed E-state index contributed by atoms with van der Waals surface area (Å²) in [6, 6.07) is 11.1. The maximum atomic E-state index is 12.7. The molecule has 2 aromatic heterocycles. The number of hydrogen-bond acceptors (Lipinski definition) is 2. The summed E-state index contributed by atoms with van der Waals surface area (Å²) < 4.78 is 40.2. The zero-order valence-electron chi connectivity index (χ0n) is 14.7. The molecule has 3 nitrogen and oxygen atoms in total. The number of pyridine rings is 1. The highest BCUT2D eigenvalue weighted by atomic mass is 19.4. The minimum atomic E-state index is -4.31.